The quantitative estimate of drug-likeness (QED) is 0.0825. The van der Waals surface area contributed by atoms with E-state index in [9.17, 15) is 27.6 Å². The number of esters is 3. The van der Waals surface area contributed by atoms with Crippen molar-refractivity contribution in [3.8, 4) is 11.5 Å². The fraction of sp³-hybridized carbons (Fsp3) is 0.303. The van der Waals surface area contributed by atoms with Gasteiger partial charge in [-0.25, -0.2) is 14.4 Å². The zero-order valence-electron chi connectivity index (χ0n) is 23.9. The van der Waals surface area contributed by atoms with Crippen molar-refractivity contribution in [3.05, 3.63) is 101 Å². The second-order valence-electron chi connectivity index (χ2n) is 9.77. The van der Waals surface area contributed by atoms with Crippen molar-refractivity contribution < 1.29 is 46.5 Å². The van der Waals surface area contributed by atoms with Crippen LogP contribution in [-0.2, 0) is 14.3 Å². The molecule has 0 unspecified atom stereocenters. The van der Waals surface area contributed by atoms with Gasteiger partial charge in [0.25, 0.3) is 0 Å². The second kappa shape index (κ2) is 16.1. The maximum Gasteiger partial charge on any atom is 0.389 e. The third kappa shape index (κ3) is 12.4. The first-order valence-corrected chi connectivity index (χ1v) is 13.7. The number of carbonyl (C=O) groups excluding carboxylic acids is 3. The molecule has 0 spiro atoms. The van der Waals surface area contributed by atoms with E-state index >= 15 is 0 Å². The van der Waals surface area contributed by atoms with Gasteiger partial charge in [-0.05, 0) is 93.3 Å². The SMILES string of the molecule is Cc1cc(C)cc(C(=O)OCCCCOC(=O)/C=C/c2ccc(OC(=O)c3ccc(OCCCC(F)(F)F)cc3)cc2)c1. The van der Waals surface area contributed by atoms with E-state index in [1.807, 2.05) is 19.9 Å². The second-order valence-corrected chi connectivity index (χ2v) is 9.77. The lowest BCUT2D eigenvalue weighted by molar-refractivity contribution is -0.138. The monoisotopic (exact) mass is 598 g/mol. The summed E-state index contributed by atoms with van der Waals surface area (Å²) in [4.78, 5) is 36.5. The number of alkyl halides is 3. The minimum absolute atomic E-state index is 0.0877. The average Bonchev–Trinajstić information content (AvgIpc) is 2.96. The lowest BCUT2D eigenvalue weighted by atomic mass is 10.1. The van der Waals surface area contributed by atoms with Crippen molar-refractivity contribution in [1.29, 1.82) is 0 Å². The first-order valence-electron chi connectivity index (χ1n) is 13.7. The average molecular weight is 599 g/mol. The van der Waals surface area contributed by atoms with E-state index in [-0.39, 0.29) is 43.5 Å². The molecule has 0 N–H and O–H groups in total. The molecule has 0 aliphatic rings. The third-order valence-corrected chi connectivity index (χ3v) is 5.94. The van der Waals surface area contributed by atoms with Crippen LogP contribution in [0, 0.1) is 13.8 Å². The van der Waals surface area contributed by atoms with Gasteiger partial charge in [0.2, 0.25) is 0 Å². The Labute approximate surface area is 248 Å². The maximum absolute atomic E-state index is 12.4. The van der Waals surface area contributed by atoms with Crippen molar-refractivity contribution in [2.75, 3.05) is 19.8 Å². The van der Waals surface area contributed by atoms with Crippen molar-refractivity contribution in [2.24, 2.45) is 0 Å². The summed E-state index contributed by atoms with van der Waals surface area (Å²) >= 11 is 0. The number of hydrogen-bond acceptors (Lipinski definition) is 7. The number of halogens is 3. The highest BCUT2D eigenvalue weighted by Gasteiger charge is 2.26. The molecular formula is C33H33F3O7. The molecule has 7 nitrogen and oxygen atoms in total. The molecule has 0 fully saturated rings. The molecule has 3 rings (SSSR count). The Hall–Kier alpha value is -4.60. The van der Waals surface area contributed by atoms with Gasteiger partial charge in [0.05, 0.1) is 30.9 Å². The molecule has 10 heteroatoms. The number of hydrogen-bond donors (Lipinski definition) is 0. The van der Waals surface area contributed by atoms with E-state index in [0.717, 1.165) is 11.1 Å². The zero-order valence-corrected chi connectivity index (χ0v) is 23.9. The molecule has 0 aromatic heterocycles. The van der Waals surface area contributed by atoms with Gasteiger partial charge in [-0.2, -0.15) is 13.2 Å². The number of unbranched alkanes of at least 4 members (excludes halogenated alkanes) is 1. The lowest BCUT2D eigenvalue weighted by Crippen LogP contribution is -2.10. The molecule has 0 saturated heterocycles. The molecule has 0 saturated carbocycles. The van der Waals surface area contributed by atoms with E-state index in [1.54, 1.807) is 42.5 Å². The maximum atomic E-state index is 12.4. The third-order valence-electron chi connectivity index (χ3n) is 5.94. The Bertz CT molecular complexity index is 1380. The molecule has 3 aromatic rings. The molecule has 0 heterocycles. The summed E-state index contributed by atoms with van der Waals surface area (Å²) in [5.41, 5.74) is 3.42. The molecule has 3 aromatic carbocycles. The minimum atomic E-state index is -4.22. The zero-order chi connectivity index (χ0) is 31.2. The van der Waals surface area contributed by atoms with Gasteiger partial charge >= 0.3 is 24.1 Å². The van der Waals surface area contributed by atoms with Gasteiger partial charge in [-0.1, -0.05) is 29.3 Å². The van der Waals surface area contributed by atoms with Crippen molar-refractivity contribution in [1.82, 2.24) is 0 Å². The molecule has 0 atom stereocenters. The smallest absolute Gasteiger partial charge is 0.389 e. The van der Waals surface area contributed by atoms with Gasteiger partial charge in [0.1, 0.15) is 11.5 Å². The number of rotatable bonds is 14. The summed E-state index contributed by atoms with van der Waals surface area (Å²) in [5.74, 6) is -0.875. The standard InChI is InChI=1S/C33H33F3O7/c1-23-20-24(2)22-27(21-23)31(38)42-18-4-3-17-41-30(37)15-8-25-6-11-29(12-7-25)43-32(39)26-9-13-28(14-10-26)40-19-5-16-33(34,35)36/h6-15,20-22H,3-5,16-19H2,1-2H3/b15-8+. The van der Waals surface area contributed by atoms with E-state index < -0.39 is 24.5 Å². The Balaban J connectivity index is 1.33. The van der Waals surface area contributed by atoms with Crippen LogP contribution in [0.1, 0.15) is 63.1 Å². The molecule has 0 aliphatic heterocycles. The molecule has 43 heavy (non-hydrogen) atoms. The van der Waals surface area contributed by atoms with Crippen LogP contribution in [0.15, 0.2) is 72.8 Å². The summed E-state index contributed by atoms with van der Waals surface area (Å²) in [7, 11) is 0. The van der Waals surface area contributed by atoms with E-state index in [1.165, 1.54) is 30.3 Å². The summed E-state index contributed by atoms with van der Waals surface area (Å²) in [5, 5.41) is 0. The van der Waals surface area contributed by atoms with E-state index in [2.05, 4.69) is 0 Å². The predicted molar refractivity (Wildman–Crippen MR) is 154 cm³/mol. The van der Waals surface area contributed by atoms with Gasteiger partial charge < -0.3 is 18.9 Å². The fourth-order valence-corrected chi connectivity index (χ4v) is 3.89. The number of carbonyl (C=O) groups is 3. The summed E-state index contributed by atoms with van der Waals surface area (Å²) in [6.45, 7) is 4.16. The van der Waals surface area contributed by atoms with Crippen LogP contribution in [0.25, 0.3) is 6.08 Å². The number of benzene rings is 3. The molecule has 0 amide bonds. The summed E-state index contributed by atoms with van der Waals surface area (Å²) in [6.07, 6.45) is -1.36. The molecule has 0 radical (unpaired) electrons. The largest absolute Gasteiger partial charge is 0.494 e. The first kappa shape index (κ1) is 32.9. The van der Waals surface area contributed by atoms with E-state index in [0.29, 0.717) is 29.7 Å². The number of ether oxygens (including phenoxy) is 4. The van der Waals surface area contributed by atoms with Crippen LogP contribution in [-0.4, -0.2) is 43.9 Å². The van der Waals surface area contributed by atoms with Crippen LogP contribution in [0.3, 0.4) is 0 Å². The lowest BCUT2D eigenvalue weighted by Gasteiger charge is -2.09. The highest BCUT2D eigenvalue weighted by atomic mass is 19.4. The molecular weight excluding hydrogens is 565 g/mol. The van der Waals surface area contributed by atoms with Gasteiger partial charge in [-0.15, -0.1) is 0 Å². The van der Waals surface area contributed by atoms with Crippen molar-refractivity contribution in [2.45, 2.75) is 45.7 Å². The topological polar surface area (TPSA) is 88.1 Å². The highest BCUT2D eigenvalue weighted by Crippen LogP contribution is 2.22. The van der Waals surface area contributed by atoms with Gasteiger partial charge in [0, 0.05) is 12.5 Å². The van der Waals surface area contributed by atoms with Gasteiger partial charge in [-0.3, -0.25) is 0 Å². The summed E-state index contributed by atoms with van der Waals surface area (Å²) in [6, 6.07) is 17.9. The minimum Gasteiger partial charge on any atom is -0.494 e. The highest BCUT2D eigenvalue weighted by molar-refractivity contribution is 5.91. The van der Waals surface area contributed by atoms with Crippen LogP contribution in [0.4, 0.5) is 13.2 Å². The fourth-order valence-electron chi connectivity index (χ4n) is 3.89. The predicted octanol–water partition coefficient (Wildman–Crippen LogP) is 7.44. The molecule has 0 bridgehead atoms. The Kier molecular flexibility index (Phi) is 12.4. The Morgan fingerprint density at radius 3 is 1.93 bits per heavy atom. The first-order chi connectivity index (χ1) is 20.5. The van der Waals surface area contributed by atoms with Crippen LogP contribution < -0.4 is 9.47 Å². The van der Waals surface area contributed by atoms with Crippen LogP contribution in [0.2, 0.25) is 0 Å². The Morgan fingerprint density at radius 2 is 1.30 bits per heavy atom. The van der Waals surface area contributed by atoms with Gasteiger partial charge in [0.15, 0.2) is 0 Å². The molecule has 0 aliphatic carbocycles. The normalized spacial score (nSPS) is 11.3. The van der Waals surface area contributed by atoms with Crippen LogP contribution in [0.5, 0.6) is 11.5 Å². The van der Waals surface area contributed by atoms with Crippen molar-refractivity contribution in [3.63, 3.8) is 0 Å². The van der Waals surface area contributed by atoms with Crippen molar-refractivity contribution >= 4 is 24.0 Å². The Morgan fingerprint density at radius 1 is 0.698 bits per heavy atom. The molecule has 228 valence electrons. The van der Waals surface area contributed by atoms with E-state index in [4.69, 9.17) is 18.9 Å². The van der Waals surface area contributed by atoms with Crippen LogP contribution >= 0.6 is 0 Å². The summed E-state index contributed by atoms with van der Waals surface area (Å²) < 4.78 is 57.6. The number of aryl methyl sites for hydroxylation is 2.